The first-order chi connectivity index (χ1) is 18.5. The molecule has 3 aliphatic rings. The molecule has 226 valence electrons. The fourth-order valence-corrected chi connectivity index (χ4v) is 4.69. The predicted octanol–water partition coefficient (Wildman–Crippen LogP) is -3.79. The minimum absolute atomic E-state index is 0.116. The van der Waals surface area contributed by atoms with Gasteiger partial charge in [0.1, 0.15) is 36.6 Å². The lowest BCUT2D eigenvalue weighted by Gasteiger charge is -2.45. The van der Waals surface area contributed by atoms with Gasteiger partial charge in [0, 0.05) is 11.8 Å². The zero-order valence-corrected chi connectivity index (χ0v) is 21.1. The van der Waals surface area contributed by atoms with Crippen molar-refractivity contribution in [2.75, 3.05) is 19.8 Å². The first-order valence-electron chi connectivity index (χ1n) is 11.7. The normalized spacial score (nSPS) is 43.0. The molecule has 18 nitrogen and oxygen atoms in total. The van der Waals surface area contributed by atoms with Crippen LogP contribution in [0.3, 0.4) is 0 Å². The highest BCUT2D eigenvalue weighted by atomic mass is 32.2. The van der Waals surface area contributed by atoms with Gasteiger partial charge in [0.15, 0.2) is 24.9 Å². The van der Waals surface area contributed by atoms with Crippen molar-refractivity contribution in [1.29, 1.82) is 0 Å². The van der Waals surface area contributed by atoms with Gasteiger partial charge in [0.25, 0.3) is 0 Å². The van der Waals surface area contributed by atoms with E-state index >= 15 is 0 Å². The van der Waals surface area contributed by atoms with Crippen molar-refractivity contribution in [3.8, 4) is 0 Å². The first kappa shape index (κ1) is 32.3. The standard InChI is InChI=1S/C20H32O18S/c1-6-12(23)16(36-39-38-37-30)15(26)20(33-6)31-4-7-8(18(29)34-11(3-21)13(7)24)5-32-19-14(25)9(22)2-10(35-19)17(27)28/h2,6-9,11-16,18-26,29-30H,3-5H2,1H3,(H,27,28)/t6?,7-,8?,9+,11?,12+,13-,14?,15?,16-,18-,19+,20+/m0/s1. The Morgan fingerprint density at radius 2 is 1.62 bits per heavy atom. The summed E-state index contributed by atoms with van der Waals surface area (Å²) < 4.78 is 36.0. The van der Waals surface area contributed by atoms with E-state index in [1.54, 1.807) is 0 Å². The van der Waals surface area contributed by atoms with Gasteiger partial charge in [0.2, 0.25) is 12.0 Å². The van der Waals surface area contributed by atoms with Crippen LogP contribution in [-0.4, -0.2) is 140 Å². The second-order valence-corrected chi connectivity index (χ2v) is 9.46. The molecule has 0 aromatic carbocycles. The van der Waals surface area contributed by atoms with E-state index in [-0.39, 0.29) is 12.3 Å². The number of hydrogen-bond donors (Lipinski definition) is 9. The highest BCUT2D eigenvalue weighted by Crippen LogP contribution is 2.34. The van der Waals surface area contributed by atoms with Crippen LogP contribution >= 0.6 is 12.3 Å². The Kier molecular flexibility index (Phi) is 12.1. The summed E-state index contributed by atoms with van der Waals surface area (Å²) >= 11 is 0.116. The Morgan fingerprint density at radius 1 is 0.949 bits per heavy atom. The monoisotopic (exact) mass is 592 g/mol. The zero-order chi connectivity index (χ0) is 28.9. The Morgan fingerprint density at radius 3 is 2.26 bits per heavy atom. The summed E-state index contributed by atoms with van der Waals surface area (Å²) in [5, 5.41) is 92.5. The number of ether oxygens (including phenoxy) is 5. The third-order valence-electron chi connectivity index (χ3n) is 6.53. The maximum atomic E-state index is 11.2. The predicted molar refractivity (Wildman–Crippen MR) is 119 cm³/mol. The van der Waals surface area contributed by atoms with E-state index in [1.807, 2.05) is 0 Å². The summed E-state index contributed by atoms with van der Waals surface area (Å²) in [7, 11) is 0. The van der Waals surface area contributed by atoms with Crippen molar-refractivity contribution in [1.82, 2.24) is 0 Å². The second kappa shape index (κ2) is 14.6. The Hall–Kier alpha value is -1.24. The Bertz CT molecular complexity index is 818. The van der Waals surface area contributed by atoms with Crippen LogP contribution in [-0.2, 0) is 42.0 Å². The molecule has 0 spiro atoms. The molecule has 0 bridgehead atoms. The molecule has 19 heteroatoms. The summed E-state index contributed by atoms with van der Waals surface area (Å²) in [4.78, 5) is 11.2. The van der Waals surface area contributed by atoms with Crippen molar-refractivity contribution in [2.45, 2.75) is 74.6 Å². The summed E-state index contributed by atoms with van der Waals surface area (Å²) in [5.41, 5.74) is 0. The fourth-order valence-electron chi connectivity index (χ4n) is 4.32. The van der Waals surface area contributed by atoms with Crippen LogP contribution in [0.5, 0.6) is 0 Å². The van der Waals surface area contributed by atoms with Crippen molar-refractivity contribution >= 4 is 18.3 Å². The van der Waals surface area contributed by atoms with Gasteiger partial charge < -0.3 is 64.5 Å². The van der Waals surface area contributed by atoms with Gasteiger partial charge in [-0.25, -0.2) is 10.1 Å². The fraction of sp³-hybridized carbons (Fsp3) is 0.850. The van der Waals surface area contributed by atoms with Gasteiger partial charge in [-0.05, 0) is 13.0 Å². The number of carbonyl (C=O) groups is 1. The summed E-state index contributed by atoms with van der Waals surface area (Å²) in [6, 6.07) is 0. The molecule has 39 heavy (non-hydrogen) atoms. The van der Waals surface area contributed by atoms with Gasteiger partial charge in [-0.3, -0.25) is 4.18 Å². The van der Waals surface area contributed by atoms with E-state index in [1.165, 1.54) is 6.92 Å². The molecule has 9 N–H and O–H groups in total. The quantitative estimate of drug-likeness (QED) is 0.0455. The highest BCUT2D eigenvalue weighted by molar-refractivity contribution is 7.89. The number of carboxylic acids is 1. The summed E-state index contributed by atoms with van der Waals surface area (Å²) in [6.07, 6.45) is -15.2. The largest absolute Gasteiger partial charge is 0.475 e. The van der Waals surface area contributed by atoms with Gasteiger partial charge in [-0.2, -0.15) is 0 Å². The summed E-state index contributed by atoms with van der Waals surface area (Å²) in [5.74, 6) is -4.39. The topological polar surface area (TPSA) is 273 Å². The lowest BCUT2D eigenvalue weighted by molar-refractivity contribution is -0.435. The van der Waals surface area contributed by atoms with E-state index in [4.69, 9.17) is 38.2 Å². The molecular formula is C20H32O18S. The lowest BCUT2D eigenvalue weighted by atomic mass is 9.83. The number of aliphatic hydroxyl groups excluding tert-OH is 7. The Balaban J connectivity index is 1.69. The van der Waals surface area contributed by atoms with Crippen LogP contribution in [0.4, 0.5) is 0 Å². The minimum atomic E-state index is -1.69. The number of aliphatic hydroxyl groups is 7. The van der Waals surface area contributed by atoms with Crippen molar-refractivity contribution in [3.63, 3.8) is 0 Å². The van der Waals surface area contributed by atoms with E-state index in [2.05, 4.69) is 9.37 Å². The Labute approximate surface area is 225 Å². The number of hydrogen-bond acceptors (Lipinski definition) is 18. The van der Waals surface area contributed by atoms with E-state index < -0.39 is 111 Å². The average Bonchev–Trinajstić information content (AvgIpc) is 2.90. The lowest BCUT2D eigenvalue weighted by Crippen LogP contribution is -2.59. The molecule has 13 atom stereocenters. The SMILES string of the molecule is CC1O[C@@H](OC[C@H]2C(CO[C@@H]3OC(C(=O)O)=C[C@@H](O)C3O)[C@@H](O)OC(CO)[C@H]2O)C(O)[C@@H](OSOOO)[C@@H]1O. The smallest absolute Gasteiger partial charge is 0.371 e. The van der Waals surface area contributed by atoms with Gasteiger partial charge in [-0.1, -0.05) is 5.04 Å². The average molecular weight is 593 g/mol. The van der Waals surface area contributed by atoms with Crippen molar-refractivity contribution in [3.05, 3.63) is 11.8 Å². The van der Waals surface area contributed by atoms with Gasteiger partial charge in [-0.15, -0.1) is 4.33 Å². The molecule has 3 heterocycles. The van der Waals surface area contributed by atoms with Crippen LogP contribution < -0.4 is 0 Å². The number of rotatable bonds is 12. The first-order valence-corrected chi connectivity index (χ1v) is 12.3. The van der Waals surface area contributed by atoms with E-state index in [9.17, 15) is 40.5 Å². The van der Waals surface area contributed by atoms with E-state index in [0.29, 0.717) is 0 Å². The van der Waals surface area contributed by atoms with Gasteiger partial charge >= 0.3 is 5.97 Å². The van der Waals surface area contributed by atoms with Crippen LogP contribution in [0, 0.1) is 11.8 Å². The maximum absolute atomic E-state index is 11.2. The third-order valence-corrected chi connectivity index (χ3v) is 6.95. The zero-order valence-electron chi connectivity index (χ0n) is 20.3. The molecule has 3 rings (SSSR count). The molecule has 0 amide bonds. The van der Waals surface area contributed by atoms with Crippen LogP contribution in [0.1, 0.15) is 6.92 Å². The molecule has 0 aromatic rings. The number of aliphatic carboxylic acids is 1. The van der Waals surface area contributed by atoms with Crippen molar-refractivity contribution < 1.29 is 88.1 Å². The third kappa shape index (κ3) is 7.74. The summed E-state index contributed by atoms with van der Waals surface area (Å²) in [6.45, 7) is -0.191. The van der Waals surface area contributed by atoms with Crippen molar-refractivity contribution in [2.24, 2.45) is 11.8 Å². The molecule has 0 saturated carbocycles. The molecular weight excluding hydrogens is 560 g/mol. The maximum Gasteiger partial charge on any atom is 0.371 e. The molecule has 0 radical (unpaired) electrons. The minimum Gasteiger partial charge on any atom is -0.475 e. The van der Waals surface area contributed by atoms with Crippen LogP contribution in [0.15, 0.2) is 11.8 Å². The molecule has 2 saturated heterocycles. The molecule has 3 aliphatic heterocycles. The molecule has 2 fully saturated rings. The number of carboxylic acid groups (broad SMARTS) is 1. The van der Waals surface area contributed by atoms with Crippen LogP contribution in [0.2, 0.25) is 0 Å². The van der Waals surface area contributed by atoms with Gasteiger partial charge in [0.05, 0.1) is 32.0 Å². The molecule has 0 aromatic heterocycles. The molecule has 0 aliphatic carbocycles. The van der Waals surface area contributed by atoms with E-state index in [0.717, 1.165) is 6.08 Å². The molecule has 5 unspecified atom stereocenters. The second-order valence-electron chi connectivity index (χ2n) is 9.00. The van der Waals surface area contributed by atoms with Crippen LogP contribution in [0.25, 0.3) is 0 Å². The highest BCUT2D eigenvalue weighted by Gasteiger charge is 2.49.